The molecule has 1 aliphatic rings. The van der Waals surface area contributed by atoms with Gasteiger partial charge in [-0.3, -0.25) is 14.6 Å². The van der Waals surface area contributed by atoms with Crippen molar-refractivity contribution < 1.29 is 9.53 Å². The molecule has 0 radical (unpaired) electrons. The van der Waals surface area contributed by atoms with Gasteiger partial charge in [-0.05, 0) is 49.6 Å². The Balaban J connectivity index is 1.45. The quantitative estimate of drug-likeness (QED) is 0.406. The van der Waals surface area contributed by atoms with Crippen molar-refractivity contribution in [1.82, 2.24) is 9.88 Å². The highest BCUT2D eigenvalue weighted by Crippen LogP contribution is 2.32. The fourth-order valence-corrected chi connectivity index (χ4v) is 5.77. The predicted molar refractivity (Wildman–Crippen MR) is 135 cm³/mol. The van der Waals surface area contributed by atoms with Crippen LogP contribution in [0.15, 0.2) is 47.4 Å². The number of amides is 1. The average molecular weight is 470 g/mol. The van der Waals surface area contributed by atoms with Crippen LogP contribution in [0, 0.1) is 13.8 Å². The lowest BCUT2D eigenvalue weighted by atomic mass is 10.1. The summed E-state index contributed by atoms with van der Waals surface area (Å²) in [5.41, 5.74) is 3.46. The topological polar surface area (TPSA) is 45.7 Å². The van der Waals surface area contributed by atoms with Gasteiger partial charge >= 0.3 is 0 Å². The summed E-state index contributed by atoms with van der Waals surface area (Å²) in [6.45, 7) is 9.45. The van der Waals surface area contributed by atoms with Crippen molar-refractivity contribution in [3.63, 3.8) is 0 Å². The molecule has 170 valence electrons. The Bertz CT molecular complexity index is 1030. The van der Waals surface area contributed by atoms with E-state index < -0.39 is 0 Å². The van der Waals surface area contributed by atoms with Crippen molar-refractivity contribution in [2.75, 3.05) is 50.0 Å². The smallest absolute Gasteiger partial charge is 0.229 e. The van der Waals surface area contributed by atoms with Crippen LogP contribution in [0.25, 0.3) is 10.2 Å². The molecule has 0 unspecified atom stereocenters. The summed E-state index contributed by atoms with van der Waals surface area (Å²) in [5.74, 6) is 0.926. The van der Waals surface area contributed by atoms with E-state index in [0.717, 1.165) is 60.4 Å². The molecule has 0 spiro atoms. The minimum absolute atomic E-state index is 0.156. The molecule has 3 aromatic rings. The largest absolute Gasteiger partial charge is 0.379 e. The number of rotatable bonds is 9. The van der Waals surface area contributed by atoms with E-state index in [-0.39, 0.29) is 5.91 Å². The fraction of sp³-hybridized carbons (Fsp3) is 0.440. The molecule has 0 N–H and O–H groups in total. The number of hydrogen-bond acceptors (Lipinski definition) is 6. The molecule has 5 nitrogen and oxygen atoms in total. The summed E-state index contributed by atoms with van der Waals surface area (Å²) in [5, 5.41) is 0.824. The number of carbonyl (C=O) groups is 1. The number of benzene rings is 2. The number of morpholine rings is 1. The van der Waals surface area contributed by atoms with Crippen molar-refractivity contribution in [1.29, 1.82) is 0 Å². The standard InChI is InChI=1S/C25H31N3O2S2/c1-19-9-10-22-24(20(19)2)26-25(32-22)28(13-6-12-27-14-16-30-17-15-27)23(29)11-18-31-21-7-4-3-5-8-21/h3-5,7-10H,6,11-18H2,1-2H3. The first-order valence-electron chi connectivity index (χ1n) is 11.3. The van der Waals surface area contributed by atoms with Gasteiger partial charge in [0.25, 0.3) is 0 Å². The molecule has 2 heterocycles. The zero-order valence-corrected chi connectivity index (χ0v) is 20.5. The second-order valence-electron chi connectivity index (χ2n) is 8.12. The lowest BCUT2D eigenvalue weighted by molar-refractivity contribution is -0.118. The Morgan fingerprint density at radius 2 is 1.94 bits per heavy atom. The molecule has 7 heteroatoms. The van der Waals surface area contributed by atoms with E-state index in [9.17, 15) is 4.79 Å². The minimum Gasteiger partial charge on any atom is -0.379 e. The number of carbonyl (C=O) groups excluding carboxylic acids is 1. The Labute approximate surface area is 198 Å². The molecule has 1 aromatic heterocycles. The molecule has 1 fully saturated rings. The SMILES string of the molecule is Cc1ccc2sc(N(CCCN3CCOCC3)C(=O)CCSc3ccccc3)nc2c1C. The van der Waals surface area contributed by atoms with Gasteiger partial charge in [0.15, 0.2) is 5.13 Å². The second-order valence-corrected chi connectivity index (χ2v) is 10.3. The lowest BCUT2D eigenvalue weighted by Crippen LogP contribution is -2.39. The number of aryl methyl sites for hydroxylation is 2. The van der Waals surface area contributed by atoms with Gasteiger partial charge in [-0.2, -0.15) is 0 Å². The molecule has 2 aromatic carbocycles. The Kier molecular flexibility index (Phi) is 8.19. The zero-order valence-electron chi connectivity index (χ0n) is 18.9. The molecule has 0 atom stereocenters. The summed E-state index contributed by atoms with van der Waals surface area (Å²) in [4.78, 5) is 23.7. The highest BCUT2D eigenvalue weighted by Gasteiger charge is 2.21. The first-order chi connectivity index (χ1) is 15.6. The Hall–Kier alpha value is -1.93. The first-order valence-corrected chi connectivity index (χ1v) is 13.1. The molecule has 1 aliphatic heterocycles. The Morgan fingerprint density at radius 3 is 2.72 bits per heavy atom. The van der Waals surface area contributed by atoms with E-state index in [1.54, 1.807) is 23.1 Å². The van der Waals surface area contributed by atoms with E-state index in [4.69, 9.17) is 9.72 Å². The monoisotopic (exact) mass is 469 g/mol. The summed E-state index contributed by atoms with van der Waals surface area (Å²) in [6, 6.07) is 14.5. The molecule has 0 saturated carbocycles. The molecular weight excluding hydrogens is 438 g/mol. The van der Waals surface area contributed by atoms with E-state index in [0.29, 0.717) is 13.0 Å². The molecule has 0 aliphatic carbocycles. The number of hydrogen-bond donors (Lipinski definition) is 0. The van der Waals surface area contributed by atoms with E-state index in [2.05, 4.69) is 43.0 Å². The van der Waals surface area contributed by atoms with Crippen LogP contribution in [-0.4, -0.2) is 60.9 Å². The Morgan fingerprint density at radius 1 is 1.16 bits per heavy atom. The number of aromatic nitrogens is 1. The number of thiazole rings is 1. The summed E-state index contributed by atoms with van der Waals surface area (Å²) < 4.78 is 6.60. The maximum absolute atomic E-state index is 13.3. The second kappa shape index (κ2) is 11.3. The van der Waals surface area contributed by atoms with Crippen LogP contribution >= 0.6 is 23.1 Å². The van der Waals surface area contributed by atoms with Crippen molar-refractivity contribution in [2.24, 2.45) is 0 Å². The number of ether oxygens (including phenoxy) is 1. The minimum atomic E-state index is 0.156. The predicted octanol–water partition coefficient (Wildman–Crippen LogP) is 5.15. The van der Waals surface area contributed by atoms with Crippen LogP contribution in [0.5, 0.6) is 0 Å². The van der Waals surface area contributed by atoms with Gasteiger partial charge in [0.2, 0.25) is 5.91 Å². The van der Waals surface area contributed by atoms with Gasteiger partial charge in [-0.25, -0.2) is 4.98 Å². The van der Waals surface area contributed by atoms with Gasteiger partial charge in [0.1, 0.15) is 0 Å². The van der Waals surface area contributed by atoms with Crippen LogP contribution in [0.4, 0.5) is 5.13 Å². The summed E-state index contributed by atoms with van der Waals surface area (Å²) in [7, 11) is 0. The van der Waals surface area contributed by atoms with E-state index >= 15 is 0 Å². The average Bonchev–Trinajstić information content (AvgIpc) is 3.25. The molecule has 1 saturated heterocycles. The number of fused-ring (bicyclic) bond motifs is 1. The van der Waals surface area contributed by atoms with Crippen molar-refractivity contribution >= 4 is 44.4 Å². The molecule has 4 rings (SSSR count). The van der Waals surface area contributed by atoms with E-state index in [1.165, 1.54) is 16.0 Å². The summed E-state index contributed by atoms with van der Waals surface area (Å²) >= 11 is 3.36. The number of anilines is 1. The lowest BCUT2D eigenvalue weighted by Gasteiger charge is -2.27. The zero-order chi connectivity index (χ0) is 22.3. The number of thioether (sulfide) groups is 1. The molecule has 1 amide bonds. The third-order valence-electron chi connectivity index (χ3n) is 5.89. The van der Waals surface area contributed by atoms with E-state index in [1.807, 2.05) is 23.1 Å². The molecular formula is C25H31N3O2S2. The van der Waals surface area contributed by atoms with Crippen molar-refractivity contribution in [3.8, 4) is 0 Å². The van der Waals surface area contributed by atoms with Gasteiger partial charge in [0.05, 0.1) is 23.4 Å². The van der Waals surface area contributed by atoms with Crippen LogP contribution in [0.3, 0.4) is 0 Å². The van der Waals surface area contributed by atoms with Crippen LogP contribution in [-0.2, 0) is 9.53 Å². The molecule has 32 heavy (non-hydrogen) atoms. The maximum atomic E-state index is 13.3. The van der Waals surface area contributed by atoms with Gasteiger partial charge in [0, 0.05) is 43.2 Å². The van der Waals surface area contributed by atoms with Gasteiger partial charge < -0.3 is 4.74 Å². The third kappa shape index (κ3) is 5.90. The van der Waals surface area contributed by atoms with Crippen molar-refractivity contribution in [2.45, 2.75) is 31.6 Å². The van der Waals surface area contributed by atoms with Crippen LogP contribution in [0.1, 0.15) is 24.0 Å². The maximum Gasteiger partial charge on any atom is 0.229 e. The van der Waals surface area contributed by atoms with Crippen LogP contribution in [0.2, 0.25) is 0 Å². The van der Waals surface area contributed by atoms with Gasteiger partial charge in [-0.15, -0.1) is 11.8 Å². The van der Waals surface area contributed by atoms with Gasteiger partial charge in [-0.1, -0.05) is 35.6 Å². The highest BCUT2D eigenvalue weighted by molar-refractivity contribution is 7.99. The number of nitrogens with zero attached hydrogens (tertiary/aromatic N) is 3. The third-order valence-corrected chi connectivity index (χ3v) is 7.95. The van der Waals surface area contributed by atoms with Crippen molar-refractivity contribution in [3.05, 3.63) is 53.6 Å². The molecule has 0 bridgehead atoms. The summed E-state index contributed by atoms with van der Waals surface area (Å²) in [6.07, 6.45) is 1.44. The fourth-order valence-electron chi connectivity index (χ4n) is 3.84. The first kappa shape index (κ1) is 23.2. The van der Waals surface area contributed by atoms with Crippen LogP contribution < -0.4 is 4.90 Å². The normalized spacial score (nSPS) is 14.7. The highest BCUT2D eigenvalue weighted by atomic mass is 32.2.